The number of methoxy groups -OCH3 is 1. The number of likely N-dealkylation sites (N-methyl/N-ethyl adjacent to an activating group) is 2. The Balaban J connectivity index is 1.98. The van der Waals surface area contributed by atoms with Gasteiger partial charge in [0.2, 0.25) is 0 Å². The van der Waals surface area contributed by atoms with E-state index >= 15 is 0 Å². The lowest BCUT2D eigenvalue weighted by Crippen LogP contribution is -2.52. The van der Waals surface area contributed by atoms with E-state index in [0.717, 1.165) is 22.7 Å². The molecular weight excluding hydrogens is 350 g/mol. The van der Waals surface area contributed by atoms with Crippen LogP contribution in [-0.2, 0) is 9.59 Å². The molecule has 2 amide bonds. The number of benzene rings is 1. The summed E-state index contributed by atoms with van der Waals surface area (Å²) in [7, 11) is 4.75. The fraction of sp³-hybridized carbons (Fsp3) is 0.211. The molecule has 2 aromatic rings. The van der Waals surface area contributed by atoms with Gasteiger partial charge < -0.3 is 9.30 Å². The zero-order valence-electron chi connectivity index (χ0n) is 15.0. The van der Waals surface area contributed by atoms with Crippen molar-refractivity contribution < 1.29 is 14.3 Å². The molecule has 0 N–H and O–H groups in total. The smallest absolute Gasteiger partial charge is 0.265 e. The first-order valence-corrected chi connectivity index (χ1v) is 8.39. The van der Waals surface area contributed by atoms with Crippen molar-refractivity contribution in [1.82, 2.24) is 14.4 Å². The maximum Gasteiger partial charge on any atom is 0.265 e. The number of aromatic nitrogens is 1. The number of rotatable bonds is 3. The summed E-state index contributed by atoms with van der Waals surface area (Å²) in [6.45, 7) is 1.96. The molecule has 1 aromatic carbocycles. The third kappa shape index (κ3) is 3.01. The number of hydrogen-bond acceptors (Lipinski definition) is 4. The lowest BCUT2D eigenvalue weighted by molar-refractivity contribution is -0.132. The van der Waals surface area contributed by atoms with Crippen LogP contribution in [-0.4, -0.2) is 52.5 Å². The summed E-state index contributed by atoms with van der Waals surface area (Å²) in [5, 5.41) is 0.198. The number of thiocarbonyl (C=S) groups is 1. The lowest BCUT2D eigenvalue weighted by Gasteiger charge is -2.31. The van der Waals surface area contributed by atoms with Crippen LogP contribution in [0.3, 0.4) is 0 Å². The zero-order chi connectivity index (χ0) is 19.0. The van der Waals surface area contributed by atoms with Crippen LogP contribution in [0.1, 0.15) is 11.3 Å². The van der Waals surface area contributed by atoms with Gasteiger partial charge in [-0.15, -0.1) is 0 Å². The SMILES string of the molecule is COc1ccc(-n2cc(C=C3C(=O)N(C)C(=S)N(C)C3=O)cc2C)cc1. The van der Waals surface area contributed by atoms with Crippen molar-refractivity contribution in [2.24, 2.45) is 0 Å². The van der Waals surface area contributed by atoms with Crippen molar-refractivity contribution in [3.8, 4) is 11.4 Å². The van der Waals surface area contributed by atoms with Crippen LogP contribution in [0.25, 0.3) is 11.8 Å². The molecule has 0 saturated carbocycles. The van der Waals surface area contributed by atoms with Crippen molar-refractivity contribution >= 4 is 35.2 Å². The lowest BCUT2D eigenvalue weighted by atomic mass is 10.1. The molecule has 1 aliphatic heterocycles. The average Bonchev–Trinajstić information content (AvgIpc) is 3.02. The molecule has 1 aromatic heterocycles. The van der Waals surface area contributed by atoms with Crippen LogP contribution in [0.5, 0.6) is 5.75 Å². The molecule has 0 unspecified atom stereocenters. The standard InChI is InChI=1S/C19H19N3O3S/c1-12-9-13(11-22(12)14-5-7-15(25-4)8-6-14)10-16-17(23)20(2)19(26)21(3)18(16)24/h5-11H,1-4H3. The summed E-state index contributed by atoms with van der Waals surface area (Å²) in [6, 6.07) is 9.57. The molecule has 0 bridgehead atoms. The molecule has 3 rings (SSSR count). The van der Waals surface area contributed by atoms with Crippen LogP contribution in [0, 0.1) is 6.92 Å². The Kier molecular flexibility index (Phi) is 4.65. The molecule has 6 nitrogen and oxygen atoms in total. The Morgan fingerprint density at radius 3 is 2.15 bits per heavy atom. The first-order valence-electron chi connectivity index (χ1n) is 7.98. The van der Waals surface area contributed by atoms with Crippen molar-refractivity contribution in [3.63, 3.8) is 0 Å². The topological polar surface area (TPSA) is 54.8 Å². The number of amides is 2. The van der Waals surface area contributed by atoms with Crippen molar-refractivity contribution in [1.29, 1.82) is 0 Å². The fourth-order valence-corrected chi connectivity index (χ4v) is 3.01. The fourth-order valence-electron chi connectivity index (χ4n) is 2.84. The van der Waals surface area contributed by atoms with Gasteiger partial charge in [0.05, 0.1) is 7.11 Å². The van der Waals surface area contributed by atoms with Gasteiger partial charge in [0.1, 0.15) is 11.3 Å². The van der Waals surface area contributed by atoms with Crippen LogP contribution >= 0.6 is 12.2 Å². The minimum Gasteiger partial charge on any atom is -0.497 e. The maximum absolute atomic E-state index is 12.4. The summed E-state index contributed by atoms with van der Waals surface area (Å²) in [6.07, 6.45) is 3.49. The first-order chi connectivity index (χ1) is 12.3. The van der Waals surface area contributed by atoms with Gasteiger partial charge in [0, 0.05) is 31.7 Å². The largest absolute Gasteiger partial charge is 0.497 e. The minimum atomic E-state index is -0.395. The van der Waals surface area contributed by atoms with Gasteiger partial charge in [0.25, 0.3) is 11.8 Å². The maximum atomic E-state index is 12.4. The third-order valence-electron chi connectivity index (χ3n) is 4.34. The minimum absolute atomic E-state index is 0.0930. The monoisotopic (exact) mass is 369 g/mol. The molecule has 0 aliphatic carbocycles. The van der Waals surface area contributed by atoms with Gasteiger partial charge >= 0.3 is 0 Å². The van der Waals surface area contributed by atoms with E-state index in [0.29, 0.717) is 0 Å². The van der Waals surface area contributed by atoms with Gasteiger partial charge in [0.15, 0.2) is 5.11 Å². The first kappa shape index (κ1) is 17.9. The average molecular weight is 369 g/mol. The summed E-state index contributed by atoms with van der Waals surface area (Å²) >= 11 is 5.10. The molecule has 1 saturated heterocycles. The van der Waals surface area contributed by atoms with E-state index in [4.69, 9.17) is 17.0 Å². The summed E-state index contributed by atoms with van der Waals surface area (Å²) in [4.78, 5) is 27.5. The van der Waals surface area contributed by atoms with E-state index in [-0.39, 0.29) is 10.7 Å². The quantitative estimate of drug-likeness (QED) is 0.474. The van der Waals surface area contributed by atoms with Crippen molar-refractivity contribution in [2.45, 2.75) is 6.92 Å². The van der Waals surface area contributed by atoms with E-state index in [2.05, 4.69) is 0 Å². The number of carbonyl (C=O) groups is 2. The number of ether oxygens (including phenoxy) is 1. The molecule has 7 heteroatoms. The molecule has 0 atom stereocenters. The van der Waals surface area contributed by atoms with E-state index in [9.17, 15) is 9.59 Å². The summed E-state index contributed by atoms with van der Waals surface area (Å²) < 4.78 is 7.17. The predicted molar refractivity (Wildman–Crippen MR) is 103 cm³/mol. The molecule has 26 heavy (non-hydrogen) atoms. The highest BCUT2D eigenvalue weighted by atomic mass is 32.1. The Labute approximate surface area is 157 Å². The molecule has 2 heterocycles. The highest BCUT2D eigenvalue weighted by molar-refractivity contribution is 7.80. The van der Waals surface area contributed by atoms with Crippen LogP contribution in [0.4, 0.5) is 0 Å². The van der Waals surface area contributed by atoms with E-state index < -0.39 is 11.8 Å². The Hall–Kier alpha value is -2.93. The molecular formula is C19H19N3O3S. The predicted octanol–water partition coefficient (Wildman–Crippen LogP) is 2.39. The van der Waals surface area contributed by atoms with Crippen LogP contribution in [0.2, 0.25) is 0 Å². The van der Waals surface area contributed by atoms with E-state index in [1.165, 1.54) is 9.80 Å². The zero-order valence-corrected chi connectivity index (χ0v) is 15.8. The van der Waals surface area contributed by atoms with Gasteiger partial charge in [-0.3, -0.25) is 19.4 Å². The molecule has 0 radical (unpaired) electrons. The number of nitrogens with zero attached hydrogens (tertiary/aromatic N) is 3. The molecule has 1 fully saturated rings. The van der Waals surface area contributed by atoms with Gasteiger partial charge in [-0.1, -0.05) is 0 Å². The van der Waals surface area contributed by atoms with E-state index in [1.54, 1.807) is 27.3 Å². The normalized spacial score (nSPS) is 14.9. The Morgan fingerprint density at radius 2 is 1.62 bits per heavy atom. The van der Waals surface area contributed by atoms with Crippen LogP contribution in [0.15, 0.2) is 42.1 Å². The number of hydrogen-bond donors (Lipinski definition) is 0. The molecule has 1 aliphatic rings. The number of aryl methyl sites for hydroxylation is 1. The Morgan fingerprint density at radius 1 is 1.04 bits per heavy atom. The summed E-state index contributed by atoms with van der Waals surface area (Å²) in [5.74, 6) is -0.0118. The number of carbonyl (C=O) groups excluding carboxylic acids is 2. The third-order valence-corrected chi connectivity index (χ3v) is 4.89. The van der Waals surface area contributed by atoms with E-state index in [1.807, 2.05) is 48.0 Å². The van der Waals surface area contributed by atoms with Crippen molar-refractivity contribution in [2.75, 3.05) is 21.2 Å². The van der Waals surface area contributed by atoms with Gasteiger partial charge in [-0.25, -0.2) is 0 Å². The highest BCUT2D eigenvalue weighted by Gasteiger charge is 2.35. The molecule has 134 valence electrons. The summed E-state index contributed by atoms with van der Waals surface area (Å²) in [5.41, 5.74) is 2.81. The second-order valence-electron chi connectivity index (χ2n) is 6.05. The van der Waals surface area contributed by atoms with Crippen molar-refractivity contribution in [3.05, 3.63) is 53.4 Å². The Bertz CT molecular complexity index is 902. The second-order valence-corrected chi connectivity index (χ2v) is 6.42. The highest BCUT2D eigenvalue weighted by Crippen LogP contribution is 2.22. The van der Waals surface area contributed by atoms with Gasteiger partial charge in [-0.05, 0) is 61.1 Å². The second kappa shape index (κ2) is 6.76. The van der Waals surface area contributed by atoms with Crippen LogP contribution < -0.4 is 4.74 Å². The van der Waals surface area contributed by atoms with Gasteiger partial charge in [-0.2, -0.15) is 0 Å². The molecule has 0 spiro atoms.